The van der Waals surface area contributed by atoms with Gasteiger partial charge in [-0.15, -0.1) is 0 Å². The van der Waals surface area contributed by atoms with E-state index in [1.54, 1.807) is 0 Å². The number of benzene rings is 2. The third-order valence-electron chi connectivity index (χ3n) is 3.66. The zero-order valence-electron chi connectivity index (χ0n) is 14.0. The Balaban J connectivity index is 2.15. The maximum absolute atomic E-state index is 12.3. The summed E-state index contributed by atoms with van der Waals surface area (Å²) in [7, 11) is 0. The Hall–Kier alpha value is -2.62. The van der Waals surface area contributed by atoms with Gasteiger partial charge < -0.3 is 10.2 Å². The molecule has 0 radical (unpaired) electrons. The van der Waals surface area contributed by atoms with Crippen LogP contribution in [-0.4, -0.2) is 18.4 Å². The molecule has 2 aromatic carbocycles. The molecule has 0 unspecified atom stereocenters. The fraction of sp³-hybridized carbons (Fsp3) is 0.263. The van der Waals surface area contributed by atoms with Crippen molar-refractivity contribution in [1.82, 2.24) is 0 Å². The van der Waals surface area contributed by atoms with Gasteiger partial charge in [-0.3, -0.25) is 9.59 Å². The molecule has 0 fully saturated rings. The lowest BCUT2D eigenvalue weighted by molar-refractivity contribution is -0.120. The molecule has 2 rings (SSSR count). The first-order valence-electron chi connectivity index (χ1n) is 7.58. The van der Waals surface area contributed by atoms with Gasteiger partial charge in [0.1, 0.15) is 6.54 Å². The first kappa shape index (κ1) is 16.7. The molecule has 0 bridgehead atoms. The van der Waals surface area contributed by atoms with Crippen LogP contribution >= 0.6 is 0 Å². The van der Waals surface area contributed by atoms with Crippen molar-refractivity contribution in [3.8, 4) is 0 Å². The Bertz CT molecular complexity index is 738. The first-order valence-corrected chi connectivity index (χ1v) is 7.58. The molecule has 23 heavy (non-hydrogen) atoms. The van der Waals surface area contributed by atoms with Gasteiger partial charge in [0, 0.05) is 18.3 Å². The lowest BCUT2D eigenvalue weighted by Crippen LogP contribution is -2.36. The molecule has 0 atom stereocenters. The number of hydrogen-bond acceptors (Lipinski definition) is 2. The summed E-state index contributed by atoms with van der Waals surface area (Å²) < 4.78 is 0. The quantitative estimate of drug-likeness (QED) is 0.938. The number of carbonyl (C=O) groups is 2. The average Bonchev–Trinajstić information content (AvgIpc) is 2.48. The van der Waals surface area contributed by atoms with E-state index in [1.165, 1.54) is 11.8 Å². The molecule has 0 aliphatic heterocycles. The minimum atomic E-state index is -0.213. The molecule has 0 spiro atoms. The van der Waals surface area contributed by atoms with E-state index < -0.39 is 0 Å². The monoisotopic (exact) mass is 310 g/mol. The first-order chi connectivity index (χ1) is 10.9. The molecular weight excluding hydrogens is 288 g/mol. The number of amides is 2. The van der Waals surface area contributed by atoms with Gasteiger partial charge in [0.15, 0.2) is 0 Å². The Morgan fingerprint density at radius 3 is 2.35 bits per heavy atom. The second-order valence-corrected chi connectivity index (χ2v) is 5.81. The van der Waals surface area contributed by atoms with Crippen molar-refractivity contribution in [3.63, 3.8) is 0 Å². The van der Waals surface area contributed by atoms with E-state index in [0.717, 1.165) is 28.1 Å². The van der Waals surface area contributed by atoms with E-state index in [9.17, 15) is 9.59 Å². The van der Waals surface area contributed by atoms with Gasteiger partial charge in [-0.05, 0) is 55.7 Å². The Kier molecular flexibility index (Phi) is 5.16. The third-order valence-corrected chi connectivity index (χ3v) is 3.66. The van der Waals surface area contributed by atoms with Crippen LogP contribution in [0.1, 0.15) is 23.6 Å². The zero-order chi connectivity index (χ0) is 17.0. The van der Waals surface area contributed by atoms with Crippen LogP contribution in [-0.2, 0) is 9.59 Å². The molecule has 0 aromatic heterocycles. The van der Waals surface area contributed by atoms with Crippen molar-refractivity contribution in [2.45, 2.75) is 27.7 Å². The summed E-state index contributed by atoms with van der Waals surface area (Å²) in [4.78, 5) is 25.7. The largest absolute Gasteiger partial charge is 0.324 e. The second-order valence-electron chi connectivity index (χ2n) is 5.81. The zero-order valence-corrected chi connectivity index (χ0v) is 14.0. The lowest BCUT2D eigenvalue weighted by Gasteiger charge is -2.21. The molecule has 0 aliphatic rings. The average molecular weight is 310 g/mol. The van der Waals surface area contributed by atoms with Gasteiger partial charge in [0.05, 0.1) is 0 Å². The van der Waals surface area contributed by atoms with Crippen LogP contribution in [0.15, 0.2) is 42.5 Å². The van der Waals surface area contributed by atoms with Crippen molar-refractivity contribution in [2.75, 3.05) is 16.8 Å². The van der Waals surface area contributed by atoms with E-state index in [4.69, 9.17) is 0 Å². The highest BCUT2D eigenvalue weighted by Gasteiger charge is 2.16. The van der Waals surface area contributed by atoms with Gasteiger partial charge in [0.25, 0.3) is 0 Å². The standard InChI is InChI=1S/C19H22N2O2/c1-13-6-5-7-17(10-13)21(16(4)22)12-19(23)20-18-11-14(2)8-9-15(18)3/h5-11H,12H2,1-4H3,(H,20,23). The van der Waals surface area contributed by atoms with E-state index >= 15 is 0 Å². The summed E-state index contributed by atoms with van der Waals surface area (Å²) in [6.07, 6.45) is 0. The topological polar surface area (TPSA) is 49.4 Å². The lowest BCUT2D eigenvalue weighted by atomic mass is 10.1. The smallest absolute Gasteiger partial charge is 0.244 e. The highest BCUT2D eigenvalue weighted by molar-refractivity contribution is 6.02. The van der Waals surface area contributed by atoms with Gasteiger partial charge in [-0.25, -0.2) is 0 Å². The molecule has 0 aliphatic carbocycles. The number of carbonyl (C=O) groups excluding carboxylic acids is 2. The van der Waals surface area contributed by atoms with Gasteiger partial charge in [-0.2, -0.15) is 0 Å². The van der Waals surface area contributed by atoms with Crippen molar-refractivity contribution in [3.05, 3.63) is 59.2 Å². The molecule has 120 valence electrons. The van der Waals surface area contributed by atoms with Crippen LogP contribution in [0.4, 0.5) is 11.4 Å². The predicted octanol–water partition coefficient (Wildman–Crippen LogP) is 3.60. The van der Waals surface area contributed by atoms with E-state index in [-0.39, 0.29) is 18.4 Å². The molecule has 4 heteroatoms. The third kappa shape index (κ3) is 4.42. The summed E-state index contributed by atoms with van der Waals surface area (Å²) >= 11 is 0. The van der Waals surface area contributed by atoms with Crippen LogP contribution < -0.4 is 10.2 Å². The molecule has 0 saturated carbocycles. The summed E-state index contributed by atoms with van der Waals surface area (Å²) in [6, 6.07) is 13.5. The molecule has 2 amide bonds. The SMILES string of the molecule is CC(=O)N(CC(=O)Nc1cc(C)ccc1C)c1cccc(C)c1. The van der Waals surface area contributed by atoms with Crippen molar-refractivity contribution >= 4 is 23.2 Å². The molecule has 2 aromatic rings. The fourth-order valence-electron chi connectivity index (χ4n) is 2.38. The van der Waals surface area contributed by atoms with Crippen LogP contribution in [0.3, 0.4) is 0 Å². The van der Waals surface area contributed by atoms with Crippen molar-refractivity contribution in [1.29, 1.82) is 0 Å². The summed E-state index contributed by atoms with van der Waals surface area (Å²) in [5, 5.41) is 2.89. The number of hydrogen-bond donors (Lipinski definition) is 1. The molecule has 0 saturated heterocycles. The van der Waals surface area contributed by atoms with Crippen molar-refractivity contribution in [2.24, 2.45) is 0 Å². The van der Waals surface area contributed by atoms with Crippen LogP contribution in [0.2, 0.25) is 0 Å². The predicted molar refractivity (Wildman–Crippen MR) is 93.8 cm³/mol. The maximum atomic E-state index is 12.3. The van der Waals surface area contributed by atoms with Crippen LogP contribution in [0.25, 0.3) is 0 Å². The number of nitrogens with one attached hydrogen (secondary N) is 1. The summed E-state index contributed by atoms with van der Waals surface area (Å²) in [6.45, 7) is 7.33. The highest BCUT2D eigenvalue weighted by atomic mass is 16.2. The van der Waals surface area contributed by atoms with E-state index in [0.29, 0.717) is 0 Å². The van der Waals surface area contributed by atoms with E-state index in [2.05, 4.69) is 5.32 Å². The van der Waals surface area contributed by atoms with Gasteiger partial charge in [0.2, 0.25) is 11.8 Å². The highest BCUT2D eigenvalue weighted by Crippen LogP contribution is 2.18. The summed E-state index contributed by atoms with van der Waals surface area (Å²) in [5.74, 6) is -0.373. The Labute approximate surface area is 137 Å². The van der Waals surface area contributed by atoms with Crippen LogP contribution in [0, 0.1) is 20.8 Å². The number of nitrogens with zero attached hydrogens (tertiary/aromatic N) is 1. The maximum Gasteiger partial charge on any atom is 0.244 e. The number of rotatable bonds is 4. The summed E-state index contributed by atoms with van der Waals surface area (Å²) in [5.41, 5.74) is 4.63. The number of aryl methyl sites for hydroxylation is 3. The van der Waals surface area contributed by atoms with Crippen molar-refractivity contribution < 1.29 is 9.59 Å². The molecule has 1 N–H and O–H groups in total. The Morgan fingerprint density at radius 1 is 1.00 bits per heavy atom. The van der Waals surface area contributed by atoms with Gasteiger partial charge >= 0.3 is 0 Å². The molecular formula is C19H22N2O2. The Morgan fingerprint density at radius 2 is 1.70 bits per heavy atom. The second kappa shape index (κ2) is 7.09. The number of anilines is 2. The van der Waals surface area contributed by atoms with E-state index in [1.807, 2.05) is 63.2 Å². The normalized spacial score (nSPS) is 10.3. The molecule has 4 nitrogen and oxygen atoms in total. The van der Waals surface area contributed by atoms with Crippen LogP contribution in [0.5, 0.6) is 0 Å². The fourth-order valence-corrected chi connectivity index (χ4v) is 2.38. The molecule has 0 heterocycles. The minimum Gasteiger partial charge on any atom is -0.324 e. The van der Waals surface area contributed by atoms with Gasteiger partial charge in [-0.1, -0.05) is 24.3 Å². The minimum absolute atomic E-state index is 0.00777.